The van der Waals surface area contributed by atoms with Gasteiger partial charge in [-0.1, -0.05) is 37.3 Å². The molecule has 3 rings (SSSR count). The molecule has 2 unspecified atom stereocenters. The molecule has 0 aliphatic carbocycles. The number of piperazine rings is 1. The summed E-state index contributed by atoms with van der Waals surface area (Å²) in [7, 11) is 0. The minimum Gasteiger partial charge on any atom is -0.340 e. The third-order valence-electron chi connectivity index (χ3n) is 5.18. The number of carbonyl (C=O) groups is 1. The summed E-state index contributed by atoms with van der Waals surface area (Å²) in [6.07, 6.45) is 2.20. The van der Waals surface area contributed by atoms with Crippen molar-refractivity contribution in [2.24, 2.45) is 5.92 Å². The predicted molar refractivity (Wildman–Crippen MR) is 93.5 cm³/mol. The van der Waals surface area contributed by atoms with Crippen LogP contribution in [0.4, 0.5) is 0 Å². The van der Waals surface area contributed by atoms with Gasteiger partial charge in [0.1, 0.15) is 0 Å². The molecule has 0 spiro atoms. The number of nitrogens with one attached hydrogen (secondary N) is 1. The van der Waals surface area contributed by atoms with E-state index < -0.39 is 0 Å². The number of carbonyl (C=O) groups excluding carboxylic acids is 1. The van der Waals surface area contributed by atoms with E-state index in [1.54, 1.807) is 0 Å². The molecule has 4 nitrogen and oxygen atoms in total. The van der Waals surface area contributed by atoms with E-state index in [0.29, 0.717) is 11.8 Å². The number of amides is 1. The van der Waals surface area contributed by atoms with Gasteiger partial charge in [-0.3, -0.25) is 4.79 Å². The van der Waals surface area contributed by atoms with Crippen LogP contribution in [-0.2, 0) is 4.79 Å². The molecule has 0 saturated carbocycles. The lowest BCUT2D eigenvalue weighted by molar-refractivity contribution is -0.138. The Hall–Kier alpha value is -1.39. The molecule has 2 aliphatic rings. The smallest absolute Gasteiger partial charge is 0.227 e. The van der Waals surface area contributed by atoms with Crippen LogP contribution in [0.1, 0.15) is 31.2 Å². The van der Waals surface area contributed by atoms with Crippen molar-refractivity contribution in [1.82, 2.24) is 15.1 Å². The van der Waals surface area contributed by atoms with Crippen LogP contribution in [0.2, 0.25) is 0 Å². The Morgan fingerprint density at radius 2 is 1.96 bits per heavy atom. The highest BCUT2D eigenvalue weighted by Crippen LogP contribution is 2.23. The number of nitrogens with zero attached hydrogens (tertiary/aromatic N) is 2. The molecule has 1 aromatic carbocycles. The van der Waals surface area contributed by atoms with E-state index in [-0.39, 0.29) is 5.92 Å². The molecule has 1 amide bonds. The zero-order valence-electron chi connectivity index (χ0n) is 14.2. The van der Waals surface area contributed by atoms with Crippen LogP contribution in [0.5, 0.6) is 0 Å². The van der Waals surface area contributed by atoms with E-state index in [2.05, 4.69) is 52.4 Å². The molecule has 2 heterocycles. The molecule has 1 N–H and O–H groups in total. The quantitative estimate of drug-likeness (QED) is 0.922. The summed E-state index contributed by atoms with van der Waals surface area (Å²) in [4.78, 5) is 17.3. The van der Waals surface area contributed by atoms with Crippen molar-refractivity contribution in [3.63, 3.8) is 0 Å². The summed E-state index contributed by atoms with van der Waals surface area (Å²) in [5.74, 6) is 1.10. The number of hydrogen-bond donors (Lipinski definition) is 1. The predicted octanol–water partition coefficient (Wildman–Crippen LogP) is 1.93. The van der Waals surface area contributed by atoms with E-state index in [1.807, 2.05) is 0 Å². The molecule has 1 aromatic rings. The van der Waals surface area contributed by atoms with Gasteiger partial charge in [0.15, 0.2) is 0 Å². The highest BCUT2D eigenvalue weighted by atomic mass is 16.2. The highest BCUT2D eigenvalue weighted by molar-refractivity contribution is 5.79. The fourth-order valence-electron chi connectivity index (χ4n) is 3.84. The summed E-state index contributed by atoms with van der Waals surface area (Å²) >= 11 is 0. The maximum Gasteiger partial charge on any atom is 0.227 e. The van der Waals surface area contributed by atoms with Crippen molar-refractivity contribution in [3.8, 4) is 0 Å². The fraction of sp³-hybridized carbons (Fsp3) is 0.632. The van der Waals surface area contributed by atoms with Gasteiger partial charge in [-0.15, -0.1) is 0 Å². The summed E-state index contributed by atoms with van der Waals surface area (Å²) in [6, 6.07) is 10.7. The van der Waals surface area contributed by atoms with Crippen LogP contribution in [0, 0.1) is 5.92 Å². The van der Waals surface area contributed by atoms with Crippen LogP contribution < -0.4 is 5.32 Å². The van der Waals surface area contributed by atoms with Gasteiger partial charge in [0.2, 0.25) is 5.91 Å². The first-order valence-electron chi connectivity index (χ1n) is 9.01. The lowest BCUT2D eigenvalue weighted by Crippen LogP contribution is -2.51. The van der Waals surface area contributed by atoms with Gasteiger partial charge >= 0.3 is 0 Å². The number of piperidine rings is 1. The first kappa shape index (κ1) is 16.5. The summed E-state index contributed by atoms with van der Waals surface area (Å²) < 4.78 is 0. The van der Waals surface area contributed by atoms with Crippen LogP contribution in [-0.4, -0.2) is 61.5 Å². The van der Waals surface area contributed by atoms with Crippen molar-refractivity contribution in [3.05, 3.63) is 35.9 Å². The molecule has 2 atom stereocenters. The molecule has 0 radical (unpaired) electrons. The Kier molecular flexibility index (Phi) is 5.68. The lowest BCUT2D eigenvalue weighted by Gasteiger charge is -2.37. The molecule has 126 valence electrons. The lowest BCUT2D eigenvalue weighted by atomic mass is 9.94. The van der Waals surface area contributed by atoms with Crippen LogP contribution in [0.3, 0.4) is 0 Å². The van der Waals surface area contributed by atoms with Crippen molar-refractivity contribution in [1.29, 1.82) is 0 Å². The van der Waals surface area contributed by atoms with Crippen molar-refractivity contribution in [2.75, 3.05) is 45.8 Å². The second kappa shape index (κ2) is 7.93. The Morgan fingerprint density at radius 1 is 1.22 bits per heavy atom. The Labute approximate surface area is 139 Å². The number of hydrogen-bond acceptors (Lipinski definition) is 3. The first-order chi connectivity index (χ1) is 11.2. The molecule has 2 aliphatic heterocycles. The van der Waals surface area contributed by atoms with E-state index in [1.165, 1.54) is 5.56 Å². The van der Waals surface area contributed by atoms with Gasteiger partial charge in [0.05, 0.1) is 5.92 Å². The summed E-state index contributed by atoms with van der Waals surface area (Å²) in [5.41, 5.74) is 1.39. The van der Waals surface area contributed by atoms with Gasteiger partial charge in [-0.2, -0.15) is 0 Å². The molecular formula is C19H29N3O. The Balaban J connectivity index is 1.54. The van der Waals surface area contributed by atoms with E-state index in [0.717, 1.165) is 58.7 Å². The van der Waals surface area contributed by atoms with Crippen LogP contribution >= 0.6 is 0 Å². The van der Waals surface area contributed by atoms with Gasteiger partial charge in [0.25, 0.3) is 0 Å². The maximum atomic E-state index is 12.7. The third-order valence-corrected chi connectivity index (χ3v) is 5.18. The highest BCUT2D eigenvalue weighted by Gasteiger charge is 2.30. The third kappa shape index (κ3) is 4.33. The van der Waals surface area contributed by atoms with Crippen molar-refractivity contribution in [2.45, 2.75) is 25.7 Å². The standard InChI is InChI=1S/C19H29N3O/c1-16(17-6-3-2-4-7-17)14-21-11-5-8-18(15-21)19(23)22-12-9-20-10-13-22/h2-4,6-7,16,18,20H,5,8-15H2,1H3. The molecule has 0 aromatic heterocycles. The second-order valence-electron chi connectivity index (χ2n) is 6.99. The molecular weight excluding hydrogens is 286 g/mol. The number of rotatable bonds is 4. The van der Waals surface area contributed by atoms with Gasteiger partial charge in [0, 0.05) is 39.3 Å². The zero-order chi connectivity index (χ0) is 16.1. The average molecular weight is 315 g/mol. The van der Waals surface area contributed by atoms with E-state index >= 15 is 0 Å². The van der Waals surface area contributed by atoms with E-state index in [4.69, 9.17) is 0 Å². The van der Waals surface area contributed by atoms with Crippen LogP contribution in [0.15, 0.2) is 30.3 Å². The average Bonchev–Trinajstić information content (AvgIpc) is 2.63. The fourth-order valence-corrected chi connectivity index (χ4v) is 3.84. The monoisotopic (exact) mass is 315 g/mol. The van der Waals surface area contributed by atoms with Gasteiger partial charge in [-0.25, -0.2) is 0 Å². The largest absolute Gasteiger partial charge is 0.340 e. The number of likely N-dealkylation sites (tertiary alicyclic amines) is 1. The minimum absolute atomic E-state index is 0.199. The van der Waals surface area contributed by atoms with Gasteiger partial charge < -0.3 is 15.1 Å². The van der Waals surface area contributed by atoms with Crippen molar-refractivity contribution < 1.29 is 4.79 Å². The molecule has 0 bridgehead atoms. The Morgan fingerprint density at radius 3 is 2.70 bits per heavy atom. The summed E-state index contributed by atoms with van der Waals surface area (Å²) in [6.45, 7) is 9.01. The van der Waals surface area contributed by atoms with Crippen LogP contribution in [0.25, 0.3) is 0 Å². The SMILES string of the molecule is CC(CN1CCCC(C(=O)N2CCNCC2)C1)c1ccccc1. The molecule has 2 fully saturated rings. The second-order valence-corrected chi connectivity index (χ2v) is 6.99. The van der Waals surface area contributed by atoms with Gasteiger partial charge in [-0.05, 0) is 30.9 Å². The Bertz CT molecular complexity index is 499. The van der Waals surface area contributed by atoms with E-state index in [9.17, 15) is 4.79 Å². The topological polar surface area (TPSA) is 35.6 Å². The normalized spacial score (nSPS) is 24.4. The molecule has 23 heavy (non-hydrogen) atoms. The minimum atomic E-state index is 0.199. The van der Waals surface area contributed by atoms with Crippen molar-refractivity contribution >= 4 is 5.91 Å². The zero-order valence-corrected chi connectivity index (χ0v) is 14.2. The molecule has 4 heteroatoms. The summed E-state index contributed by atoms with van der Waals surface area (Å²) in [5, 5.41) is 3.32. The molecule has 2 saturated heterocycles. The maximum absolute atomic E-state index is 12.7. The number of benzene rings is 1. The first-order valence-corrected chi connectivity index (χ1v) is 9.01.